The lowest BCUT2D eigenvalue weighted by Gasteiger charge is -2.39. The van der Waals surface area contributed by atoms with Gasteiger partial charge in [-0.3, -0.25) is 4.79 Å². The lowest BCUT2D eigenvalue weighted by Crippen LogP contribution is -2.30. The number of ether oxygens (including phenoxy) is 1. The lowest BCUT2D eigenvalue weighted by atomic mass is 9.65. The van der Waals surface area contributed by atoms with E-state index in [2.05, 4.69) is 24.3 Å². The van der Waals surface area contributed by atoms with Crippen molar-refractivity contribution in [2.24, 2.45) is 17.8 Å². The highest BCUT2D eigenvalue weighted by molar-refractivity contribution is 5.73. The summed E-state index contributed by atoms with van der Waals surface area (Å²) in [5, 5.41) is 0. The molecule has 122 valence electrons. The van der Waals surface area contributed by atoms with Crippen molar-refractivity contribution >= 4 is 6.29 Å². The molecular formula is C19H34O2. The number of hydrogen-bond acceptors (Lipinski definition) is 2. The molecule has 0 aliphatic heterocycles. The lowest BCUT2D eigenvalue weighted by molar-refractivity contribution is -0.105. The summed E-state index contributed by atoms with van der Waals surface area (Å²) in [4.78, 5) is 10.8. The summed E-state index contributed by atoms with van der Waals surface area (Å²) >= 11 is 0. The monoisotopic (exact) mass is 294 g/mol. The molecule has 3 atom stereocenters. The van der Waals surface area contributed by atoms with Crippen molar-refractivity contribution in [3.8, 4) is 0 Å². The van der Waals surface area contributed by atoms with Crippen LogP contribution in [0.2, 0.25) is 0 Å². The Morgan fingerprint density at radius 3 is 2.52 bits per heavy atom. The van der Waals surface area contributed by atoms with Crippen LogP contribution in [0.5, 0.6) is 0 Å². The van der Waals surface area contributed by atoms with Crippen molar-refractivity contribution in [1.29, 1.82) is 0 Å². The molecule has 21 heavy (non-hydrogen) atoms. The van der Waals surface area contributed by atoms with E-state index in [1.165, 1.54) is 31.3 Å². The van der Waals surface area contributed by atoms with E-state index < -0.39 is 0 Å². The number of allylic oxidation sites excluding steroid dienone is 3. The maximum absolute atomic E-state index is 10.8. The maximum atomic E-state index is 10.8. The highest BCUT2D eigenvalue weighted by atomic mass is 16.5. The fourth-order valence-corrected chi connectivity index (χ4v) is 3.25. The molecular weight excluding hydrogens is 260 g/mol. The van der Waals surface area contributed by atoms with Crippen LogP contribution in [-0.2, 0) is 9.53 Å². The van der Waals surface area contributed by atoms with Gasteiger partial charge in [0.25, 0.3) is 0 Å². The summed E-state index contributed by atoms with van der Waals surface area (Å²) in [6.07, 6.45) is 9.71. The molecule has 1 fully saturated rings. The van der Waals surface area contributed by atoms with Gasteiger partial charge in [0.05, 0.1) is 0 Å². The number of methoxy groups -OCH3 is 1. The number of fused-ring (bicyclic) bond motifs is 1. The third-order valence-electron chi connectivity index (χ3n) is 4.40. The van der Waals surface area contributed by atoms with Gasteiger partial charge in [0, 0.05) is 13.7 Å². The molecule has 0 saturated heterocycles. The van der Waals surface area contributed by atoms with Gasteiger partial charge < -0.3 is 4.74 Å². The SMILES string of the molecule is C=C(C=O)C1CCCC2CCC(C)=CC21.CC.CCOC. The predicted octanol–water partition coefficient (Wildman–Crippen LogP) is 5.19. The van der Waals surface area contributed by atoms with E-state index in [4.69, 9.17) is 0 Å². The van der Waals surface area contributed by atoms with Crippen molar-refractivity contribution < 1.29 is 9.53 Å². The van der Waals surface area contributed by atoms with Crippen LogP contribution in [0, 0.1) is 17.8 Å². The molecule has 2 aliphatic carbocycles. The van der Waals surface area contributed by atoms with Crippen LogP contribution in [-0.4, -0.2) is 20.0 Å². The van der Waals surface area contributed by atoms with E-state index in [9.17, 15) is 4.79 Å². The first kappa shape index (κ1) is 20.1. The summed E-state index contributed by atoms with van der Waals surface area (Å²) in [6, 6.07) is 0. The minimum Gasteiger partial charge on any atom is -0.385 e. The molecule has 2 nitrogen and oxygen atoms in total. The standard InChI is InChI=1S/C14H20O.C3H8O.C2H6/c1-10-6-7-12-4-3-5-13(11(2)9-15)14(12)8-10;1-3-4-2;1-2/h8-9,12-14H,2-7H2,1H3;3H2,1-2H3;1-2H3. The third-order valence-corrected chi connectivity index (χ3v) is 4.40. The quantitative estimate of drug-likeness (QED) is 0.406. The Morgan fingerprint density at radius 2 is 2.00 bits per heavy atom. The molecule has 0 aromatic heterocycles. The Hall–Kier alpha value is -0.890. The Kier molecular flexibility index (Phi) is 11.2. The zero-order valence-electron chi connectivity index (χ0n) is 14.7. The van der Waals surface area contributed by atoms with E-state index in [0.29, 0.717) is 11.8 Å². The van der Waals surface area contributed by atoms with Crippen LogP contribution in [0.15, 0.2) is 23.8 Å². The highest BCUT2D eigenvalue weighted by Crippen LogP contribution is 2.44. The topological polar surface area (TPSA) is 26.3 Å². The first-order chi connectivity index (χ1) is 10.1. The fourth-order valence-electron chi connectivity index (χ4n) is 3.25. The maximum Gasteiger partial charge on any atom is 0.145 e. The normalized spacial score (nSPS) is 26.9. The number of hydrogen-bond donors (Lipinski definition) is 0. The Bertz CT molecular complexity index is 328. The average molecular weight is 294 g/mol. The van der Waals surface area contributed by atoms with E-state index in [1.54, 1.807) is 7.11 Å². The fraction of sp³-hybridized carbons (Fsp3) is 0.737. The third kappa shape index (κ3) is 6.60. The summed E-state index contributed by atoms with van der Waals surface area (Å²) < 4.78 is 4.54. The van der Waals surface area contributed by atoms with Gasteiger partial charge in [-0.1, -0.05) is 38.5 Å². The molecule has 1 saturated carbocycles. The van der Waals surface area contributed by atoms with Crippen LogP contribution in [0.3, 0.4) is 0 Å². The van der Waals surface area contributed by atoms with Gasteiger partial charge >= 0.3 is 0 Å². The van der Waals surface area contributed by atoms with Gasteiger partial charge in [0.1, 0.15) is 6.29 Å². The van der Waals surface area contributed by atoms with Crippen LogP contribution >= 0.6 is 0 Å². The molecule has 2 rings (SSSR count). The molecule has 0 bridgehead atoms. The molecule has 0 spiro atoms. The van der Waals surface area contributed by atoms with E-state index in [-0.39, 0.29) is 0 Å². The number of carbonyl (C=O) groups excluding carboxylic acids is 1. The molecule has 0 aromatic carbocycles. The molecule has 0 N–H and O–H groups in total. The zero-order valence-corrected chi connectivity index (χ0v) is 14.7. The van der Waals surface area contributed by atoms with Gasteiger partial charge in [-0.15, -0.1) is 0 Å². The second-order valence-electron chi connectivity index (χ2n) is 5.70. The van der Waals surface area contributed by atoms with Crippen molar-refractivity contribution in [2.45, 2.75) is 59.8 Å². The highest BCUT2D eigenvalue weighted by Gasteiger charge is 2.34. The van der Waals surface area contributed by atoms with Crippen LogP contribution in [0.1, 0.15) is 59.8 Å². The predicted molar refractivity (Wildman–Crippen MR) is 91.4 cm³/mol. The van der Waals surface area contributed by atoms with Crippen LogP contribution in [0.25, 0.3) is 0 Å². The van der Waals surface area contributed by atoms with Gasteiger partial charge in [-0.05, 0) is 62.9 Å². The van der Waals surface area contributed by atoms with Crippen molar-refractivity contribution in [3.05, 3.63) is 23.8 Å². The van der Waals surface area contributed by atoms with E-state index in [0.717, 1.165) is 30.8 Å². The second kappa shape index (κ2) is 11.7. The van der Waals surface area contributed by atoms with Gasteiger partial charge in [-0.25, -0.2) is 0 Å². The average Bonchev–Trinajstić information content (AvgIpc) is 2.55. The Balaban J connectivity index is 0.000000579. The number of aldehydes is 1. The van der Waals surface area contributed by atoms with Crippen molar-refractivity contribution in [2.75, 3.05) is 13.7 Å². The second-order valence-corrected chi connectivity index (χ2v) is 5.70. The smallest absolute Gasteiger partial charge is 0.145 e. The summed E-state index contributed by atoms with van der Waals surface area (Å²) in [7, 11) is 1.68. The molecule has 0 radical (unpaired) electrons. The molecule has 2 aliphatic rings. The largest absolute Gasteiger partial charge is 0.385 e. The zero-order chi connectivity index (χ0) is 16.3. The van der Waals surface area contributed by atoms with Gasteiger partial charge in [0.15, 0.2) is 0 Å². The molecule has 0 amide bonds. The summed E-state index contributed by atoms with van der Waals surface area (Å²) in [6.45, 7) is 12.9. The summed E-state index contributed by atoms with van der Waals surface area (Å²) in [5.41, 5.74) is 2.32. The van der Waals surface area contributed by atoms with Crippen LogP contribution < -0.4 is 0 Å². The molecule has 2 heteroatoms. The molecule has 3 unspecified atom stereocenters. The minimum absolute atomic E-state index is 0.427. The minimum atomic E-state index is 0.427. The van der Waals surface area contributed by atoms with E-state index in [1.807, 2.05) is 20.8 Å². The summed E-state index contributed by atoms with van der Waals surface area (Å²) in [5.74, 6) is 1.84. The first-order valence-corrected chi connectivity index (χ1v) is 8.44. The molecule has 0 heterocycles. The van der Waals surface area contributed by atoms with Crippen molar-refractivity contribution in [1.82, 2.24) is 0 Å². The Morgan fingerprint density at radius 1 is 1.38 bits per heavy atom. The van der Waals surface area contributed by atoms with Gasteiger partial charge in [0.2, 0.25) is 0 Å². The van der Waals surface area contributed by atoms with Crippen LogP contribution in [0.4, 0.5) is 0 Å². The van der Waals surface area contributed by atoms with Crippen molar-refractivity contribution in [3.63, 3.8) is 0 Å². The number of carbonyl (C=O) groups is 1. The number of rotatable bonds is 3. The Labute approximate surface area is 131 Å². The molecule has 0 aromatic rings. The van der Waals surface area contributed by atoms with Gasteiger partial charge in [-0.2, -0.15) is 0 Å². The first-order valence-electron chi connectivity index (χ1n) is 8.44. The van der Waals surface area contributed by atoms with E-state index >= 15 is 0 Å².